The quantitative estimate of drug-likeness (QED) is 0.650. The number of anilines is 3. The van der Waals surface area contributed by atoms with Crippen LogP contribution in [0.3, 0.4) is 0 Å². The fraction of sp³-hybridized carbons (Fsp3) is 0.0526. The number of carbonyl (C=O) groups is 2. The van der Waals surface area contributed by atoms with E-state index in [0.717, 1.165) is 0 Å². The molecule has 0 saturated carbocycles. The van der Waals surface area contributed by atoms with Crippen molar-refractivity contribution in [2.75, 3.05) is 17.7 Å². The monoisotopic (exact) mass is 382 g/mol. The van der Waals surface area contributed by atoms with Crippen LogP contribution in [0, 0.1) is 0 Å². The Bertz CT molecular complexity index is 959. The number of hydrogen-bond donors (Lipinski definition) is 2. The molecule has 0 unspecified atom stereocenters. The average molecular weight is 383 g/mol. The molecule has 1 heterocycles. The summed E-state index contributed by atoms with van der Waals surface area (Å²) in [6.07, 6.45) is 2.75. The normalized spacial score (nSPS) is 10.1. The Kier molecular flexibility index (Phi) is 5.63. The molecule has 0 aliphatic rings. The summed E-state index contributed by atoms with van der Waals surface area (Å²) in [6.45, 7) is 0. The molecule has 1 aromatic heterocycles. The highest BCUT2D eigenvalue weighted by Gasteiger charge is 2.13. The third-order valence-electron chi connectivity index (χ3n) is 3.58. The van der Waals surface area contributed by atoms with Crippen LogP contribution in [0.15, 0.2) is 60.9 Å². The van der Waals surface area contributed by atoms with Crippen molar-refractivity contribution in [3.63, 3.8) is 0 Å². The molecule has 0 bridgehead atoms. The third-order valence-corrected chi connectivity index (χ3v) is 3.83. The first-order valence-corrected chi connectivity index (χ1v) is 8.28. The molecule has 0 spiro atoms. The number of amides is 1. The number of nitrogens with zero attached hydrogens (tertiary/aromatic N) is 2. The van der Waals surface area contributed by atoms with Gasteiger partial charge in [0.2, 0.25) is 0 Å². The lowest BCUT2D eigenvalue weighted by Crippen LogP contribution is -2.14. The van der Waals surface area contributed by atoms with Crippen LogP contribution in [0.2, 0.25) is 5.02 Å². The number of hydrogen-bond acceptors (Lipinski definition) is 6. The highest BCUT2D eigenvalue weighted by Crippen LogP contribution is 2.20. The predicted octanol–water partition coefficient (Wildman–Crippen LogP) is 3.91. The van der Waals surface area contributed by atoms with Crippen molar-refractivity contribution in [1.29, 1.82) is 0 Å². The van der Waals surface area contributed by atoms with Crippen LogP contribution in [-0.2, 0) is 4.74 Å². The SMILES string of the molecule is COC(=O)c1ccccc1Nc1cnc(C(=O)Nc2ccc(Cl)cc2)cn1. The van der Waals surface area contributed by atoms with Gasteiger partial charge in [-0.1, -0.05) is 23.7 Å². The number of nitrogens with one attached hydrogen (secondary N) is 2. The molecule has 2 N–H and O–H groups in total. The van der Waals surface area contributed by atoms with Gasteiger partial charge in [-0.2, -0.15) is 0 Å². The summed E-state index contributed by atoms with van der Waals surface area (Å²) in [5.74, 6) is -0.481. The summed E-state index contributed by atoms with van der Waals surface area (Å²) in [4.78, 5) is 32.3. The van der Waals surface area contributed by atoms with Crippen LogP contribution in [-0.4, -0.2) is 29.0 Å². The van der Waals surface area contributed by atoms with Gasteiger partial charge in [-0.05, 0) is 36.4 Å². The van der Waals surface area contributed by atoms with Gasteiger partial charge < -0.3 is 15.4 Å². The van der Waals surface area contributed by atoms with Gasteiger partial charge in [0.1, 0.15) is 11.5 Å². The molecular formula is C19H15ClN4O3. The number of esters is 1. The second-order valence-corrected chi connectivity index (χ2v) is 5.85. The summed E-state index contributed by atoms with van der Waals surface area (Å²) in [5, 5.41) is 6.27. The number of carbonyl (C=O) groups excluding carboxylic acids is 2. The Labute approximate surface area is 160 Å². The molecule has 3 rings (SSSR count). The molecule has 136 valence electrons. The van der Waals surface area contributed by atoms with E-state index in [1.165, 1.54) is 19.5 Å². The van der Waals surface area contributed by atoms with E-state index in [9.17, 15) is 9.59 Å². The van der Waals surface area contributed by atoms with Crippen molar-refractivity contribution in [2.24, 2.45) is 0 Å². The van der Waals surface area contributed by atoms with Crippen LogP contribution >= 0.6 is 11.6 Å². The van der Waals surface area contributed by atoms with Crippen LogP contribution in [0.4, 0.5) is 17.2 Å². The zero-order chi connectivity index (χ0) is 19.2. The second-order valence-electron chi connectivity index (χ2n) is 5.41. The van der Waals surface area contributed by atoms with Crippen molar-refractivity contribution >= 4 is 40.7 Å². The van der Waals surface area contributed by atoms with E-state index in [4.69, 9.17) is 16.3 Å². The Balaban J connectivity index is 1.71. The Morgan fingerprint density at radius 2 is 1.74 bits per heavy atom. The Hall–Kier alpha value is -3.45. The zero-order valence-corrected chi connectivity index (χ0v) is 15.0. The minimum atomic E-state index is -0.468. The van der Waals surface area contributed by atoms with Crippen LogP contribution in [0.5, 0.6) is 0 Å². The molecular weight excluding hydrogens is 368 g/mol. The summed E-state index contributed by atoms with van der Waals surface area (Å²) in [5.41, 5.74) is 1.64. The molecule has 0 saturated heterocycles. The van der Waals surface area contributed by atoms with Gasteiger partial charge in [0.25, 0.3) is 5.91 Å². The van der Waals surface area contributed by atoms with E-state index >= 15 is 0 Å². The second kappa shape index (κ2) is 8.29. The lowest BCUT2D eigenvalue weighted by molar-refractivity contribution is 0.0601. The largest absolute Gasteiger partial charge is 0.465 e. The maximum Gasteiger partial charge on any atom is 0.339 e. The molecule has 2 aromatic carbocycles. The highest BCUT2D eigenvalue weighted by atomic mass is 35.5. The van der Waals surface area contributed by atoms with E-state index in [-0.39, 0.29) is 5.69 Å². The summed E-state index contributed by atoms with van der Waals surface area (Å²) in [7, 11) is 1.31. The number of halogens is 1. The molecule has 0 radical (unpaired) electrons. The van der Waals surface area contributed by atoms with Gasteiger partial charge in [-0.15, -0.1) is 0 Å². The molecule has 3 aromatic rings. The number of methoxy groups -OCH3 is 1. The van der Waals surface area contributed by atoms with Crippen LogP contribution in [0.1, 0.15) is 20.8 Å². The zero-order valence-electron chi connectivity index (χ0n) is 14.3. The number of para-hydroxylation sites is 1. The fourth-order valence-corrected chi connectivity index (χ4v) is 2.38. The van der Waals surface area contributed by atoms with Gasteiger partial charge >= 0.3 is 5.97 Å². The van der Waals surface area contributed by atoms with E-state index < -0.39 is 11.9 Å². The number of benzene rings is 2. The van der Waals surface area contributed by atoms with E-state index in [2.05, 4.69) is 20.6 Å². The van der Waals surface area contributed by atoms with Gasteiger partial charge in [-0.25, -0.2) is 14.8 Å². The summed E-state index contributed by atoms with van der Waals surface area (Å²) >= 11 is 5.82. The highest BCUT2D eigenvalue weighted by molar-refractivity contribution is 6.30. The summed E-state index contributed by atoms with van der Waals surface area (Å²) in [6, 6.07) is 13.6. The van der Waals surface area contributed by atoms with Crippen molar-refractivity contribution in [1.82, 2.24) is 9.97 Å². The first-order valence-electron chi connectivity index (χ1n) is 7.90. The van der Waals surface area contributed by atoms with Crippen molar-refractivity contribution in [3.8, 4) is 0 Å². The predicted molar refractivity (Wildman–Crippen MR) is 103 cm³/mol. The smallest absolute Gasteiger partial charge is 0.339 e. The van der Waals surface area contributed by atoms with E-state index in [0.29, 0.717) is 27.8 Å². The minimum Gasteiger partial charge on any atom is -0.465 e. The van der Waals surface area contributed by atoms with Gasteiger partial charge in [0.15, 0.2) is 0 Å². The maximum absolute atomic E-state index is 12.2. The summed E-state index contributed by atoms with van der Waals surface area (Å²) < 4.78 is 4.75. The molecule has 8 heteroatoms. The number of ether oxygens (including phenoxy) is 1. The Morgan fingerprint density at radius 3 is 2.41 bits per heavy atom. The van der Waals surface area contributed by atoms with E-state index in [1.54, 1.807) is 48.5 Å². The molecule has 0 aliphatic heterocycles. The van der Waals surface area contributed by atoms with E-state index in [1.807, 2.05) is 0 Å². The molecule has 0 atom stereocenters. The Morgan fingerprint density at radius 1 is 1.00 bits per heavy atom. The van der Waals surface area contributed by atoms with Gasteiger partial charge in [0, 0.05) is 10.7 Å². The maximum atomic E-state index is 12.2. The minimum absolute atomic E-state index is 0.150. The third kappa shape index (κ3) is 4.59. The van der Waals surface area contributed by atoms with Crippen molar-refractivity contribution in [2.45, 2.75) is 0 Å². The van der Waals surface area contributed by atoms with Crippen LogP contribution < -0.4 is 10.6 Å². The number of aromatic nitrogens is 2. The average Bonchev–Trinajstić information content (AvgIpc) is 2.70. The molecule has 27 heavy (non-hydrogen) atoms. The van der Waals surface area contributed by atoms with Gasteiger partial charge in [0.05, 0.1) is 30.8 Å². The fourth-order valence-electron chi connectivity index (χ4n) is 2.26. The first-order chi connectivity index (χ1) is 13.1. The molecule has 0 fully saturated rings. The topological polar surface area (TPSA) is 93.2 Å². The molecule has 1 amide bonds. The first kappa shape index (κ1) is 18.3. The van der Waals surface area contributed by atoms with Crippen molar-refractivity contribution in [3.05, 3.63) is 77.2 Å². The van der Waals surface area contributed by atoms with Gasteiger partial charge in [-0.3, -0.25) is 4.79 Å². The van der Waals surface area contributed by atoms with Crippen LogP contribution in [0.25, 0.3) is 0 Å². The lowest BCUT2D eigenvalue weighted by Gasteiger charge is -2.10. The van der Waals surface area contributed by atoms with Crippen molar-refractivity contribution < 1.29 is 14.3 Å². The molecule has 7 nitrogen and oxygen atoms in total. The number of rotatable bonds is 5. The lowest BCUT2D eigenvalue weighted by atomic mass is 10.2. The standard InChI is InChI=1S/C19H15ClN4O3/c1-27-19(26)14-4-2-3-5-15(14)24-17-11-21-16(10-22-17)18(25)23-13-8-6-12(20)7-9-13/h2-11H,1H3,(H,22,24)(H,23,25). The molecule has 0 aliphatic carbocycles.